The van der Waals surface area contributed by atoms with Gasteiger partial charge in [-0.05, 0) is 34.9 Å². The topological polar surface area (TPSA) is 0 Å². The van der Waals surface area contributed by atoms with Crippen molar-refractivity contribution in [2.45, 2.75) is 12.3 Å². The minimum absolute atomic E-state index is 0.289. The highest BCUT2D eigenvalue weighted by atomic mass is 35.5. The molecule has 3 aromatic carbocycles. The average molecular weight is 303 g/mol. The summed E-state index contributed by atoms with van der Waals surface area (Å²) >= 11 is 6.51. The summed E-state index contributed by atoms with van der Waals surface area (Å²) in [5.41, 5.74) is 2.13. The molecular weight excluding hydrogens is 290 g/mol. The highest BCUT2D eigenvalue weighted by molar-refractivity contribution is 6.23. The van der Waals surface area contributed by atoms with Crippen LogP contribution in [0, 0.1) is 18.6 Å². The Labute approximate surface area is 127 Å². The molecule has 0 radical (unpaired) electrons. The second-order valence-electron chi connectivity index (χ2n) is 5.05. The molecule has 0 nitrogen and oxygen atoms in total. The molecule has 106 valence electrons. The third-order valence-corrected chi connectivity index (χ3v) is 4.13. The van der Waals surface area contributed by atoms with E-state index in [1.54, 1.807) is 0 Å². The Morgan fingerprint density at radius 3 is 2.48 bits per heavy atom. The van der Waals surface area contributed by atoms with Gasteiger partial charge in [0.2, 0.25) is 0 Å². The number of halogens is 3. The Morgan fingerprint density at radius 2 is 1.71 bits per heavy atom. The van der Waals surface area contributed by atoms with Gasteiger partial charge in [0, 0.05) is 11.6 Å². The summed E-state index contributed by atoms with van der Waals surface area (Å²) in [6.45, 7) is 1.94. The zero-order valence-corrected chi connectivity index (χ0v) is 12.2. The molecule has 0 aromatic heterocycles. The molecule has 0 fully saturated rings. The summed E-state index contributed by atoms with van der Waals surface area (Å²) in [6.07, 6.45) is 0. The molecule has 0 N–H and O–H groups in total. The average Bonchev–Trinajstić information content (AvgIpc) is 2.46. The van der Waals surface area contributed by atoms with E-state index < -0.39 is 17.0 Å². The molecule has 0 aliphatic carbocycles. The Hall–Kier alpha value is -1.93. The van der Waals surface area contributed by atoms with Crippen LogP contribution < -0.4 is 0 Å². The van der Waals surface area contributed by atoms with Gasteiger partial charge in [0.1, 0.15) is 11.6 Å². The lowest BCUT2D eigenvalue weighted by atomic mass is 9.94. The summed E-state index contributed by atoms with van der Waals surface area (Å²) in [7, 11) is 0. The van der Waals surface area contributed by atoms with Crippen molar-refractivity contribution < 1.29 is 8.78 Å². The molecule has 21 heavy (non-hydrogen) atoms. The molecule has 3 aromatic rings. The van der Waals surface area contributed by atoms with Gasteiger partial charge in [0.05, 0.1) is 5.38 Å². The predicted octanol–water partition coefficient (Wildman–Crippen LogP) is 5.75. The largest absolute Gasteiger partial charge is 0.207 e. The summed E-state index contributed by atoms with van der Waals surface area (Å²) in [5, 5.41) is 1.38. The van der Waals surface area contributed by atoms with Crippen molar-refractivity contribution in [1.82, 2.24) is 0 Å². The summed E-state index contributed by atoms with van der Waals surface area (Å²) in [6, 6.07) is 15.3. The molecule has 3 heteroatoms. The molecule has 1 atom stereocenters. The smallest absolute Gasteiger partial charge is 0.131 e. The number of hydrogen-bond acceptors (Lipinski definition) is 0. The van der Waals surface area contributed by atoms with Crippen LogP contribution in [-0.4, -0.2) is 0 Å². The minimum atomic E-state index is -0.656. The highest BCUT2D eigenvalue weighted by Crippen LogP contribution is 2.37. The van der Waals surface area contributed by atoms with Crippen molar-refractivity contribution in [3.05, 3.63) is 82.9 Å². The van der Waals surface area contributed by atoms with Gasteiger partial charge in [0.15, 0.2) is 0 Å². The summed E-state index contributed by atoms with van der Waals surface area (Å²) < 4.78 is 27.1. The molecular formula is C18H13ClF2. The first-order valence-corrected chi connectivity index (χ1v) is 7.09. The van der Waals surface area contributed by atoms with Crippen molar-refractivity contribution in [1.29, 1.82) is 0 Å². The van der Waals surface area contributed by atoms with Crippen LogP contribution >= 0.6 is 11.6 Å². The fourth-order valence-corrected chi connectivity index (χ4v) is 3.07. The first-order chi connectivity index (χ1) is 10.1. The van der Waals surface area contributed by atoms with Crippen molar-refractivity contribution >= 4 is 22.4 Å². The maximum absolute atomic E-state index is 14.0. The standard InChI is InChI=1S/C18H13ClF2/c1-11-6-7-12-4-2-3-5-14(12)17(11)18(19)15-9-8-13(20)10-16(15)21/h2-10,18H,1H3. The van der Waals surface area contributed by atoms with E-state index in [9.17, 15) is 8.78 Å². The van der Waals surface area contributed by atoms with E-state index in [0.717, 1.165) is 28.0 Å². The maximum atomic E-state index is 14.0. The molecule has 0 amide bonds. The fourth-order valence-electron chi connectivity index (χ4n) is 2.60. The quantitative estimate of drug-likeness (QED) is 0.528. The molecule has 0 spiro atoms. The van der Waals surface area contributed by atoms with Crippen LogP contribution in [0.2, 0.25) is 0 Å². The fraction of sp³-hybridized carbons (Fsp3) is 0.111. The van der Waals surface area contributed by atoms with Crippen molar-refractivity contribution in [3.8, 4) is 0 Å². The van der Waals surface area contributed by atoms with Crippen LogP contribution in [0.3, 0.4) is 0 Å². The van der Waals surface area contributed by atoms with Crippen molar-refractivity contribution in [2.75, 3.05) is 0 Å². The van der Waals surface area contributed by atoms with Gasteiger partial charge >= 0.3 is 0 Å². The number of benzene rings is 3. The number of fused-ring (bicyclic) bond motifs is 1. The lowest BCUT2D eigenvalue weighted by molar-refractivity contribution is 0.573. The SMILES string of the molecule is Cc1ccc2ccccc2c1C(Cl)c1ccc(F)cc1F. The van der Waals surface area contributed by atoms with Crippen molar-refractivity contribution in [3.63, 3.8) is 0 Å². The molecule has 3 rings (SSSR count). The van der Waals surface area contributed by atoms with E-state index in [-0.39, 0.29) is 5.56 Å². The van der Waals surface area contributed by atoms with Gasteiger partial charge in [-0.1, -0.05) is 42.5 Å². The third kappa shape index (κ3) is 2.52. The van der Waals surface area contributed by atoms with E-state index in [4.69, 9.17) is 11.6 Å². The van der Waals surface area contributed by atoms with E-state index >= 15 is 0 Å². The predicted molar refractivity (Wildman–Crippen MR) is 82.7 cm³/mol. The van der Waals surface area contributed by atoms with Gasteiger partial charge in [-0.2, -0.15) is 0 Å². The molecule has 0 heterocycles. The highest BCUT2D eigenvalue weighted by Gasteiger charge is 2.19. The van der Waals surface area contributed by atoms with E-state index in [1.807, 2.05) is 43.3 Å². The Kier molecular flexibility index (Phi) is 3.64. The Morgan fingerprint density at radius 1 is 0.952 bits per heavy atom. The molecule has 0 saturated heterocycles. The minimum Gasteiger partial charge on any atom is -0.207 e. The van der Waals surface area contributed by atoms with Crippen LogP contribution in [0.4, 0.5) is 8.78 Å². The van der Waals surface area contributed by atoms with Gasteiger partial charge in [0.25, 0.3) is 0 Å². The first kappa shape index (κ1) is 14.0. The number of aryl methyl sites for hydroxylation is 1. The summed E-state index contributed by atoms with van der Waals surface area (Å²) in [5.74, 6) is -1.22. The number of alkyl halides is 1. The van der Waals surface area contributed by atoms with Gasteiger partial charge < -0.3 is 0 Å². The van der Waals surface area contributed by atoms with Crippen LogP contribution in [0.15, 0.2) is 54.6 Å². The van der Waals surface area contributed by atoms with E-state index in [2.05, 4.69) is 0 Å². The van der Waals surface area contributed by atoms with Gasteiger partial charge in [-0.3, -0.25) is 0 Å². The monoisotopic (exact) mass is 302 g/mol. The second-order valence-corrected chi connectivity index (χ2v) is 5.48. The molecule has 0 bridgehead atoms. The van der Waals surface area contributed by atoms with E-state index in [0.29, 0.717) is 0 Å². The Bertz CT molecular complexity index is 811. The third-order valence-electron chi connectivity index (χ3n) is 3.68. The van der Waals surface area contributed by atoms with Crippen LogP contribution in [0.5, 0.6) is 0 Å². The maximum Gasteiger partial charge on any atom is 0.131 e. The van der Waals surface area contributed by atoms with Crippen molar-refractivity contribution in [2.24, 2.45) is 0 Å². The number of rotatable bonds is 2. The lowest BCUT2D eigenvalue weighted by Gasteiger charge is -2.17. The zero-order valence-electron chi connectivity index (χ0n) is 11.4. The van der Waals surface area contributed by atoms with E-state index in [1.165, 1.54) is 12.1 Å². The molecule has 0 saturated carbocycles. The normalized spacial score (nSPS) is 12.6. The van der Waals surface area contributed by atoms with Gasteiger partial charge in [-0.25, -0.2) is 8.78 Å². The van der Waals surface area contributed by atoms with Crippen LogP contribution in [0.25, 0.3) is 10.8 Å². The van der Waals surface area contributed by atoms with Crippen LogP contribution in [-0.2, 0) is 0 Å². The molecule has 0 aliphatic heterocycles. The molecule has 1 unspecified atom stereocenters. The number of hydrogen-bond donors (Lipinski definition) is 0. The zero-order chi connectivity index (χ0) is 15.0. The van der Waals surface area contributed by atoms with Gasteiger partial charge in [-0.15, -0.1) is 11.6 Å². The molecule has 0 aliphatic rings. The Balaban J connectivity index is 2.21. The van der Waals surface area contributed by atoms with Crippen LogP contribution in [0.1, 0.15) is 22.1 Å². The second kappa shape index (κ2) is 5.45. The first-order valence-electron chi connectivity index (χ1n) is 6.65. The lowest BCUT2D eigenvalue weighted by Crippen LogP contribution is -2.01. The summed E-state index contributed by atoms with van der Waals surface area (Å²) in [4.78, 5) is 0.